The standard InChI is InChI=1S/C55H43N3OS/c1-33-31-47-46(55(49-27-15-16-30-54(49,3)59-47)44-24-12-9-20-38(44)39-21-10-13-25-45(39)55)32-43(33)37-19-7-8-23-42(37)53-57-51(35-17-5-4-6-18-35)56-52(58-53)36-28-29-41-40-22-11-14-26-48(40)60-50(41)34(36)2/h4-29,32-34,50H,30-31H2,1-3H3. The second-order valence-corrected chi connectivity index (χ2v) is 18.4. The van der Waals surface area contributed by atoms with Crippen molar-refractivity contribution in [1.82, 2.24) is 15.0 Å². The summed E-state index contributed by atoms with van der Waals surface area (Å²) in [5.41, 5.74) is 15.1. The van der Waals surface area contributed by atoms with Crippen molar-refractivity contribution in [2.75, 3.05) is 0 Å². The van der Waals surface area contributed by atoms with Gasteiger partial charge >= 0.3 is 0 Å². The van der Waals surface area contributed by atoms with Gasteiger partial charge in [0.15, 0.2) is 17.5 Å². The number of hydrogen-bond acceptors (Lipinski definition) is 5. The highest BCUT2D eigenvalue weighted by Gasteiger charge is 2.58. The Balaban J connectivity index is 1.05. The first-order valence-electron chi connectivity index (χ1n) is 21.2. The van der Waals surface area contributed by atoms with Crippen molar-refractivity contribution in [3.8, 4) is 33.9 Å². The molecule has 5 aromatic carbocycles. The van der Waals surface area contributed by atoms with Crippen LogP contribution < -0.4 is 0 Å². The maximum absolute atomic E-state index is 7.25. The molecule has 3 heterocycles. The molecule has 1 aromatic heterocycles. The number of allylic oxidation sites excluding steroid dienone is 9. The highest BCUT2D eigenvalue weighted by Crippen LogP contribution is 2.65. The predicted octanol–water partition coefficient (Wildman–Crippen LogP) is 13.1. The first-order valence-corrected chi connectivity index (χ1v) is 22.1. The Labute approximate surface area is 355 Å². The molecule has 6 aliphatic rings. The van der Waals surface area contributed by atoms with Gasteiger partial charge in [0.05, 0.1) is 5.41 Å². The third-order valence-corrected chi connectivity index (χ3v) is 15.3. The molecule has 0 N–H and O–H groups in total. The average molecular weight is 794 g/mol. The molecule has 0 radical (unpaired) electrons. The molecule has 0 fully saturated rings. The maximum Gasteiger partial charge on any atom is 0.164 e. The lowest BCUT2D eigenvalue weighted by molar-refractivity contribution is 0.0214. The number of fused-ring (bicyclic) bond motifs is 11. The number of aromatic nitrogens is 3. The SMILES string of the molecule is CC1CC2=C(C=C1c1ccccc1-c1nc(C3=CC=C4c5ccccc5SC4C3C)nc(-c3ccccc3)n1)C1(C3=CC=CCC3(C)O2)c2ccccc2-c2ccccc21. The molecule has 4 atom stereocenters. The third kappa shape index (κ3) is 5.08. The van der Waals surface area contributed by atoms with E-state index >= 15 is 0 Å². The fraction of sp³-hybridized carbons (Fsp3) is 0.182. The Kier molecular flexibility index (Phi) is 7.93. The highest BCUT2D eigenvalue weighted by molar-refractivity contribution is 8.01. The molecular weight excluding hydrogens is 751 g/mol. The van der Waals surface area contributed by atoms with Crippen LogP contribution in [0.15, 0.2) is 186 Å². The van der Waals surface area contributed by atoms with Crippen molar-refractivity contribution in [3.05, 3.63) is 209 Å². The second-order valence-electron chi connectivity index (χ2n) is 17.2. The molecule has 0 saturated carbocycles. The normalized spacial score (nSPS) is 23.8. The maximum atomic E-state index is 7.25. The van der Waals surface area contributed by atoms with Crippen LogP contribution in [0.2, 0.25) is 0 Å². The Morgan fingerprint density at radius 2 is 1.22 bits per heavy atom. The molecule has 1 spiro atoms. The Morgan fingerprint density at radius 3 is 1.98 bits per heavy atom. The van der Waals surface area contributed by atoms with Gasteiger partial charge in [0, 0.05) is 51.2 Å². The monoisotopic (exact) mass is 793 g/mol. The predicted molar refractivity (Wildman–Crippen MR) is 245 cm³/mol. The van der Waals surface area contributed by atoms with E-state index in [9.17, 15) is 0 Å². The second kappa shape index (κ2) is 13.4. The van der Waals surface area contributed by atoms with Crippen molar-refractivity contribution in [2.45, 2.75) is 54.8 Å². The van der Waals surface area contributed by atoms with Gasteiger partial charge in [-0.1, -0.05) is 166 Å². The number of ether oxygens (including phenoxy) is 1. The number of nitrogens with zero attached hydrogens (tertiary/aromatic N) is 3. The molecule has 0 amide bonds. The lowest BCUT2D eigenvalue weighted by Gasteiger charge is -2.52. The van der Waals surface area contributed by atoms with E-state index in [4.69, 9.17) is 19.7 Å². The largest absolute Gasteiger partial charge is 0.487 e. The van der Waals surface area contributed by atoms with Crippen LogP contribution in [-0.2, 0) is 10.2 Å². The average Bonchev–Trinajstić information content (AvgIpc) is 3.81. The molecular formula is C55H43N3OS. The minimum Gasteiger partial charge on any atom is -0.487 e. The summed E-state index contributed by atoms with van der Waals surface area (Å²) in [6.07, 6.45) is 15.5. The van der Waals surface area contributed by atoms with Crippen LogP contribution in [0.4, 0.5) is 0 Å². The van der Waals surface area contributed by atoms with Crippen LogP contribution in [0.5, 0.6) is 0 Å². The summed E-state index contributed by atoms with van der Waals surface area (Å²) in [7, 11) is 0. The quantitative estimate of drug-likeness (QED) is 0.178. The van der Waals surface area contributed by atoms with E-state index in [2.05, 4.69) is 179 Å². The van der Waals surface area contributed by atoms with Gasteiger partial charge in [0.25, 0.3) is 0 Å². The van der Waals surface area contributed by atoms with Gasteiger partial charge < -0.3 is 4.74 Å². The van der Waals surface area contributed by atoms with E-state index in [-0.39, 0.29) is 11.8 Å². The minimum absolute atomic E-state index is 0.183. The van der Waals surface area contributed by atoms with E-state index < -0.39 is 11.0 Å². The van der Waals surface area contributed by atoms with Crippen molar-refractivity contribution in [2.24, 2.45) is 11.8 Å². The van der Waals surface area contributed by atoms with Crippen LogP contribution >= 0.6 is 11.8 Å². The number of benzene rings is 5. The van der Waals surface area contributed by atoms with Crippen LogP contribution in [-0.4, -0.2) is 25.8 Å². The molecule has 2 aliphatic heterocycles. The van der Waals surface area contributed by atoms with E-state index in [0.29, 0.717) is 16.9 Å². The van der Waals surface area contributed by atoms with Crippen LogP contribution in [0, 0.1) is 11.8 Å². The smallest absolute Gasteiger partial charge is 0.164 e. The first kappa shape index (κ1) is 35.6. The lowest BCUT2D eigenvalue weighted by Crippen LogP contribution is -2.49. The van der Waals surface area contributed by atoms with Crippen molar-refractivity contribution in [1.29, 1.82) is 0 Å². The lowest BCUT2D eigenvalue weighted by atomic mass is 9.57. The summed E-state index contributed by atoms with van der Waals surface area (Å²) in [5.74, 6) is 3.59. The van der Waals surface area contributed by atoms with Crippen LogP contribution in [0.3, 0.4) is 0 Å². The summed E-state index contributed by atoms with van der Waals surface area (Å²) in [5, 5.41) is 0.304. The van der Waals surface area contributed by atoms with E-state index in [1.165, 1.54) is 55.0 Å². The van der Waals surface area contributed by atoms with Crippen molar-refractivity contribution < 1.29 is 4.74 Å². The van der Waals surface area contributed by atoms with Crippen molar-refractivity contribution >= 4 is 28.5 Å². The van der Waals surface area contributed by atoms with Crippen molar-refractivity contribution in [3.63, 3.8) is 0 Å². The minimum atomic E-state index is -0.491. The first-order chi connectivity index (χ1) is 29.4. The molecule has 5 heteroatoms. The van der Waals surface area contributed by atoms with Gasteiger partial charge in [0.2, 0.25) is 0 Å². The summed E-state index contributed by atoms with van der Waals surface area (Å²) in [6.45, 7) is 6.96. The molecule has 4 aliphatic carbocycles. The van der Waals surface area contributed by atoms with Gasteiger partial charge in [-0.3, -0.25) is 0 Å². The molecule has 60 heavy (non-hydrogen) atoms. The molecule has 6 aromatic rings. The Bertz CT molecular complexity index is 2960. The number of rotatable bonds is 4. The fourth-order valence-corrected chi connectivity index (χ4v) is 12.4. The van der Waals surface area contributed by atoms with E-state index in [1.807, 2.05) is 17.8 Å². The van der Waals surface area contributed by atoms with Gasteiger partial charge in [0.1, 0.15) is 11.4 Å². The Morgan fingerprint density at radius 1 is 0.600 bits per heavy atom. The summed E-state index contributed by atoms with van der Waals surface area (Å²) < 4.78 is 7.25. The zero-order valence-electron chi connectivity index (χ0n) is 33.9. The molecule has 0 saturated heterocycles. The number of thioether (sulfide) groups is 1. The molecule has 0 bridgehead atoms. The van der Waals surface area contributed by atoms with Gasteiger partial charge in [-0.2, -0.15) is 0 Å². The van der Waals surface area contributed by atoms with Crippen LogP contribution in [0.1, 0.15) is 61.7 Å². The summed E-state index contributed by atoms with van der Waals surface area (Å²) >= 11 is 1.95. The Hall–Kier alpha value is -6.30. The van der Waals surface area contributed by atoms with E-state index in [1.54, 1.807) is 0 Å². The third-order valence-electron chi connectivity index (χ3n) is 13.8. The zero-order chi connectivity index (χ0) is 40.2. The topological polar surface area (TPSA) is 47.9 Å². The van der Waals surface area contributed by atoms with E-state index in [0.717, 1.165) is 46.7 Å². The summed E-state index contributed by atoms with van der Waals surface area (Å²) in [4.78, 5) is 17.3. The van der Waals surface area contributed by atoms with Gasteiger partial charge in [-0.05, 0) is 75.1 Å². The van der Waals surface area contributed by atoms with Gasteiger partial charge in [-0.15, -0.1) is 11.8 Å². The van der Waals surface area contributed by atoms with Crippen LogP contribution in [0.25, 0.3) is 50.6 Å². The van der Waals surface area contributed by atoms with Gasteiger partial charge in [-0.25, -0.2) is 15.0 Å². The highest BCUT2D eigenvalue weighted by atomic mass is 32.2. The molecule has 12 rings (SSSR count). The number of hydrogen-bond donors (Lipinski definition) is 0. The molecule has 290 valence electrons. The fourth-order valence-electron chi connectivity index (χ4n) is 11.0. The zero-order valence-corrected chi connectivity index (χ0v) is 34.7. The molecule has 4 unspecified atom stereocenters. The molecule has 4 nitrogen and oxygen atoms in total. The summed E-state index contributed by atoms with van der Waals surface area (Å²) in [6, 6.07) is 45.9.